The van der Waals surface area contributed by atoms with Crippen molar-refractivity contribution in [2.75, 3.05) is 38.6 Å². The van der Waals surface area contributed by atoms with Gasteiger partial charge in [0.2, 0.25) is 0 Å². The summed E-state index contributed by atoms with van der Waals surface area (Å²) in [7, 11) is 3.99. The highest BCUT2D eigenvalue weighted by Gasteiger charge is 2.22. The second-order valence-electron chi connectivity index (χ2n) is 5.99. The lowest BCUT2D eigenvalue weighted by Gasteiger charge is -2.26. The number of carbonyl (C=O) groups is 1. The van der Waals surface area contributed by atoms with E-state index in [1.807, 2.05) is 48.2 Å². The SMILES string of the molecule is CCCN(CC1CCCN1)C(=O)c1cccc(N(C)C)c1. The Hall–Kier alpha value is -1.55. The summed E-state index contributed by atoms with van der Waals surface area (Å²) in [4.78, 5) is 16.8. The highest BCUT2D eigenvalue weighted by Crippen LogP contribution is 2.16. The third-order valence-electron chi connectivity index (χ3n) is 3.99. The first kappa shape index (κ1) is 15.8. The lowest BCUT2D eigenvalue weighted by Crippen LogP contribution is -2.41. The molecule has 1 aliphatic rings. The van der Waals surface area contributed by atoms with Gasteiger partial charge in [-0.3, -0.25) is 4.79 Å². The molecule has 116 valence electrons. The summed E-state index contributed by atoms with van der Waals surface area (Å²) in [6, 6.07) is 8.34. The molecule has 0 aliphatic carbocycles. The van der Waals surface area contributed by atoms with Crippen LogP contribution in [0.25, 0.3) is 0 Å². The molecule has 1 aliphatic heterocycles. The molecule has 1 atom stereocenters. The molecule has 1 aromatic carbocycles. The van der Waals surface area contributed by atoms with E-state index in [0.29, 0.717) is 6.04 Å². The summed E-state index contributed by atoms with van der Waals surface area (Å²) < 4.78 is 0. The zero-order chi connectivity index (χ0) is 15.2. The van der Waals surface area contributed by atoms with Crippen molar-refractivity contribution in [3.63, 3.8) is 0 Å². The Morgan fingerprint density at radius 3 is 2.81 bits per heavy atom. The molecule has 1 amide bonds. The molecule has 0 bridgehead atoms. The normalized spacial score (nSPS) is 17.8. The number of amides is 1. The highest BCUT2D eigenvalue weighted by atomic mass is 16.2. The molecule has 4 nitrogen and oxygen atoms in total. The predicted molar refractivity (Wildman–Crippen MR) is 88.0 cm³/mol. The van der Waals surface area contributed by atoms with Gasteiger partial charge in [-0.2, -0.15) is 0 Å². The molecule has 0 saturated carbocycles. The van der Waals surface area contributed by atoms with E-state index in [1.54, 1.807) is 0 Å². The molecule has 1 fully saturated rings. The topological polar surface area (TPSA) is 35.6 Å². The number of nitrogens with zero attached hydrogens (tertiary/aromatic N) is 2. The molecular formula is C17H27N3O. The number of carbonyl (C=O) groups excluding carboxylic acids is 1. The predicted octanol–water partition coefficient (Wildman–Crippen LogP) is 2.36. The second-order valence-corrected chi connectivity index (χ2v) is 5.99. The standard InChI is InChI=1S/C17H27N3O/c1-4-11-20(13-15-8-6-10-18-15)17(21)14-7-5-9-16(12-14)19(2)3/h5,7,9,12,15,18H,4,6,8,10-11,13H2,1-3H3. The van der Waals surface area contributed by atoms with Crippen molar-refractivity contribution < 1.29 is 4.79 Å². The maximum atomic E-state index is 12.8. The maximum Gasteiger partial charge on any atom is 0.253 e. The van der Waals surface area contributed by atoms with E-state index in [1.165, 1.54) is 12.8 Å². The smallest absolute Gasteiger partial charge is 0.253 e. The molecule has 2 rings (SSSR count). The van der Waals surface area contributed by atoms with Gasteiger partial charge in [-0.05, 0) is 44.0 Å². The largest absolute Gasteiger partial charge is 0.378 e. The second kappa shape index (κ2) is 7.46. The van der Waals surface area contributed by atoms with Gasteiger partial charge in [-0.25, -0.2) is 0 Å². The molecule has 0 radical (unpaired) electrons. The van der Waals surface area contributed by atoms with Crippen LogP contribution in [0.3, 0.4) is 0 Å². The van der Waals surface area contributed by atoms with E-state index in [9.17, 15) is 4.79 Å². The minimum atomic E-state index is 0.147. The molecule has 1 aromatic rings. The molecule has 1 N–H and O–H groups in total. The Labute approximate surface area is 128 Å². The lowest BCUT2D eigenvalue weighted by molar-refractivity contribution is 0.0742. The Bertz CT molecular complexity index is 467. The van der Waals surface area contributed by atoms with E-state index in [4.69, 9.17) is 0 Å². The van der Waals surface area contributed by atoms with E-state index >= 15 is 0 Å². The summed E-state index contributed by atoms with van der Waals surface area (Å²) in [6.45, 7) is 4.84. The van der Waals surface area contributed by atoms with Gasteiger partial charge >= 0.3 is 0 Å². The van der Waals surface area contributed by atoms with E-state index in [0.717, 1.165) is 37.3 Å². The lowest BCUT2D eigenvalue weighted by atomic mass is 10.1. The summed E-state index contributed by atoms with van der Waals surface area (Å²) in [5.74, 6) is 0.147. The monoisotopic (exact) mass is 289 g/mol. The quantitative estimate of drug-likeness (QED) is 0.873. The van der Waals surface area contributed by atoms with Gasteiger partial charge < -0.3 is 15.1 Å². The van der Waals surface area contributed by atoms with Gasteiger partial charge in [0.15, 0.2) is 0 Å². The molecule has 21 heavy (non-hydrogen) atoms. The third kappa shape index (κ3) is 4.21. The molecule has 1 heterocycles. The first-order chi connectivity index (χ1) is 10.1. The van der Waals surface area contributed by atoms with Gasteiger partial charge in [-0.1, -0.05) is 13.0 Å². The minimum Gasteiger partial charge on any atom is -0.378 e. The van der Waals surface area contributed by atoms with Gasteiger partial charge in [0.25, 0.3) is 5.91 Å². The minimum absolute atomic E-state index is 0.147. The fraction of sp³-hybridized carbons (Fsp3) is 0.588. The van der Waals surface area contributed by atoms with E-state index in [2.05, 4.69) is 12.2 Å². The van der Waals surface area contributed by atoms with Crippen LogP contribution in [0.4, 0.5) is 5.69 Å². The van der Waals surface area contributed by atoms with Crippen molar-refractivity contribution in [2.24, 2.45) is 0 Å². The van der Waals surface area contributed by atoms with Crippen molar-refractivity contribution in [3.8, 4) is 0 Å². The average molecular weight is 289 g/mol. The van der Waals surface area contributed by atoms with E-state index in [-0.39, 0.29) is 5.91 Å². The van der Waals surface area contributed by atoms with E-state index < -0.39 is 0 Å². The molecule has 4 heteroatoms. The fourth-order valence-electron chi connectivity index (χ4n) is 2.82. The van der Waals surface area contributed by atoms with Crippen LogP contribution < -0.4 is 10.2 Å². The van der Waals surface area contributed by atoms with Crippen LogP contribution >= 0.6 is 0 Å². The van der Waals surface area contributed by atoms with Crippen LogP contribution in [0.2, 0.25) is 0 Å². The van der Waals surface area contributed by atoms with Crippen LogP contribution in [-0.2, 0) is 0 Å². The number of anilines is 1. The summed E-state index contributed by atoms with van der Waals surface area (Å²) in [5, 5.41) is 3.48. The number of hydrogen-bond donors (Lipinski definition) is 1. The number of hydrogen-bond acceptors (Lipinski definition) is 3. The van der Waals surface area contributed by atoms with Gasteiger partial charge in [0.05, 0.1) is 0 Å². The summed E-state index contributed by atoms with van der Waals surface area (Å²) in [6.07, 6.45) is 3.38. The van der Waals surface area contributed by atoms with Crippen LogP contribution in [0.1, 0.15) is 36.5 Å². The van der Waals surface area contributed by atoms with Crippen LogP contribution in [-0.4, -0.2) is 50.6 Å². The van der Waals surface area contributed by atoms with Crippen LogP contribution in [0, 0.1) is 0 Å². The van der Waals surface area contributed by atoms with Crippen molar-refractivity contribution in [1.82, 2.24) is 10.2 Å². The maximum absolute atomic E-state index is 12.8. The molecule has 1 saturated heterocycles. The van der Waals surface area contributed by atoms with Crippen LogP contribution in [0.5, 0.6) is 0 Å². The highest BCUT2D eigenvalue weighted by molar-refractivity contribution is 5.95. The number of nitrogens with one attached hydrogen (secondary N) is 1. The Morgan fingerprint density at radius 2 is 2.19 bits per heavy atom. The Balaban J connectivity index is 2.11. The van der Waals surface area contributed by atoms with Gasteiger partial charge in [0, 0.05) is 44.5 Å². The van der Waals surface area contributed by atoms with Crippen molar-refractivity contribution in [1.29, 1.82) is 0 Å². The van der Waals surface area contributed by atoms with Gasteiger partial charge in [0.1, 0.15) is 0 Å². The molecule has 0 aromatic heterocycles. The van der Waals surface area contributed by atoms with Crippen molar-refractivity contribution in [3.05, 3.63) is 29.8 Å². The number of benzene rings is 1. The fourth-order valence-corrected chi connectivity index (χ4v) is 2.82. The number of rotatable bonds is 6. The first-order valence-electron chi connectivity index (χ1n) is 7.92. The molecular weight excluding hydrogens is 262 g/mol. The van der Waals surface area contributed by atoms with Crippen molar-refractivity contribution >= 4 is 11.6 Å². The van der Waals surface area contributed by atoms with Crippen molar-refractivity contribution in [2.45, 2.75) is 32.2 Å². The van der Waals surface area contributed by atoms with Crippen LogP contribution in [0.15, 0.2) is 24.3 Å². The molecule has 0 spiro atoms. The van der Waals surface area contributed by atoms with Gasteiger partial charge in [-0.15, -0.1) is 0 Å². The third-order valence-corrected chi connectivity index (χ3v) is 3.99. The zero-order valence-electron chi connectivity index (χ0n) is 13.4. The zero-order valence-corrected chi connectivity index (χ0v) is 13.4. The Morgan fingerprint density at radius 1 is 1.38 bits per heavy atom. The first-order valence-corrected chi connectivity index (χ1v) is 7.92. The summed E-state index contributed by atoms with van der Waals surface area (Å²) in [5.41, 5.74) is 1.85. The molecule has 1 unspecified atom stereocenters. The summed E-state index contributed by atoms with van der Waals surface area (Å²) >= 11 is 0. The average Bonchev–Trinajstić information content (AvgIpc) is 2.99. The Kier molecular flexibility index (Phi) is 5.62.